The summed E-state index contributed by atoms with van der Waals surface area (Å²) < 4.78 is 5.30. The van der Waals surface area contributed by atoms with Crippen molar-refractivity contribution in [2.45, 2.75) is 13.5 Å². The van der Waals surface area contributed by atoms with Crippen LogP contribution >= 0.6 is 11.3 Å². The van der Waals surface area contributed by atoms with E-state index in [1.807, 2.05) is 31.2 Å². The summed E-state index contributed by atoms with van der Waals surface area (Å²) in [5.74, 6) is -2.17. The fourth-order valence-corrected chi connectivity index (χ4v) is 4.75. The second kappa shape index (κ2) is 8.69. The predicted molar refractivity (Wildman–Crippen MR) is 128 cm³/mol. The Labute approximate surface area is 203 Å². The number of carbonyl (C=O) groups is 3. The van der Waals surface area contributed by atoms with Gasteiger partial charge >= 0.3 is 5.97 Å². The lowest BCUT2D eigenvalue weighted by Crippen LogP contribution is -2.23. The molecule has 35 heavy (non-hydrogen) atoms. The molecule has 0 saturated heterocycles. The lowest BCUT2D eigenvalue weighted by molar-refractivity contribution is -0.385. The van der Waals surface area contributed by atoms with Gasteiger partial charge in [0.15, 0.2) is 5.78 Å². The Bertz CT molecular complexity index is 1540. The van der Waals surface area contributed by atoms with Crippen molar-refractivity contribution in [2.24, 2.45) is 0 Å². The minimum atomic E-state index is -0.983. The number of hydrogen-bond donors (Lipinski definition) is 0. The molecule has 1 heterocycles. The first-order valence-corrected chi connectivity index (χ1v) is 11.4. The topological polar surface area (TPSA) is 116 Å². The van der Waals surface area contributed by atoms with Crippen LogP contribution in [0.3, 0.4) is 0 Å². The molecule has 0 saturated carbocycles. The molecule has 9 heteroatoms. The number of rotatable bonds is 5. The van der Waals surface area contributed by atoms with Crippen molar-refractivity contribution in [1.29, 1.82) is 0 Å². The minimum Gasteiger partial charge on any atom is -0.455 e. The van der Waals surface area contributed by atoms with Crippen LogP contribution < -0.4 is 0 Å². The molecule has 0 atom stereocenters. The van der Waals surface area contributed by atoms with E-state index < -0.39 is 39.3 Å². The van der Waals surface area contributed by atoms with E-state index in [0.717, 1.165) is 22.2 Å². The molecule has 4 aromatic rings. The molecule has 0 radical (unpaired) electrons. The molecule has 0 N–H and O–H groups in total. The van der Waals surface area contributed by atoms with Gasteiger partial charge in [-0.05, 0) is 19.1 Å². The van der Waals surface area contributed by atoms with Crippen LogP contribution in [0.1, 0.15) is 53.5 Å². The lowest BCUT2D eigenvalue weighted by Gasteiger charge is -2.18. The van der Waals surface area contributed by atoms with Crippen molar-refractivity contribution in [1.82, 2.24) is 4.98 Å². The SMILES string of the molecule is Cc1ccc(-c2nc(COC(=O)c3ccc4c(c3[N+](=O)[O-])C(=O)c3ccccc3C4=O)cs2)cc1. The summed E-state index contributed by atoms with van der Waals surface area (Å²) in [6.07, 6.45) is 0. The van der Waals surface area contributed by atoms with Crippen LogP contribution in [-0.2, 0) is 11.3 Å². The van der Waals surface area contributed by atoms with E-state index >= 15 is 0 Å². The van der Waals surface area contributed by atoms with Gasteiger partial charge < -0.3 is 4.74 Å². The van der Waals surface area contributed by atoms with Crippen molar-refractivity contribution in [3.05, 3.63) is 115 Å². The first kappa shape index (κ1) is 22.3. The number of thiazole rings is 1. The second-order valence-corrected chi connectivity index (χ2v) is 8.79. The zero-order valence-electron chi connectivity index (χ0n) is 18.3. The van der Waals surface area contributed by atoms with E-state index in [-0.39, 0.29) is 23.3 Å². The third-order valence-electron chi connectivity index (χ3n) is 5.67. The molecule has 0 bridgehead atoms. The van der Waals surface area contributed by atoms with Gasteiger partial charge in [0.25, 0.3) is 5.69 Å². The molecule has 0 fully saturated rings. The zero-order valence-corrected chi connectivity index (χ0v) is 19.1. The highest BCUT2D eigenvalue weighted by Gasteiger charge is 2.39. The summed E-state index contributed by atoms with van der Waals surface area (Å²) in [5, 5.41) is 14.4. The molecule has 1 aromatic heterocycles. The average Bonchev–Trinajstić information content (AvgIpc) is 3.34. The van der Waals surface area contributed by atoms with Crippen molar-refractivity contribution >= 4 is 34.6 Å². The largest absolute Gasteiger partial charge is 0.455 e. The maximum Gasteiger partial charge on any atom is 0.345 e. The highest BCUT2D eigenvalue weighted by atomic mass is 32.1. The summed E-state index contributed by atoms with van der Waals surface area (Å²) in [6, 6.07) is 16.3. The van der Waals surface area contributed by atoms with E-state index in [9.17, 15) is 24.5 Å². The molecule has 172 valence electrons. The van der Waals surface area contributed by atoms with Gasteiger partial charge in [-0.15, -0.1) is 11.3 Å². The monoisotopic (exact) mass is 484 g/mol. The number of aromatic nitrogens is 1. The standard InChI is InChI=1S/C26H16N2O6S/c1-14-6-8-15(9-7-14)25-27-16(13-35-25)12-34-26(31)20-11-10-19-21(22(20)28(32)33)24(30)18-5-3-2-4-17(18)23(19)29/h2-11,13H,12H2,1H3. The fraction of sp³-hybridized carbons (Fsp3) is 0.0769. The summed E-state index contributed by atoms with van der Waals surface area (Å²) >= 11 is 1.38. The van der Waals surface area contributed by atoms with Crippen molar-refractivity contribution in [3.8, 4) is 10.6 Å². The third-order valence-corrected chi connectivity index (χ3v) is 6.61. The van der Waals surface area contributed by atoms with Crippen LogP contribution in [0.4, 0.5) is 5.69 Å². The number of aryl methyl sites for hydroxylation is 1. The van der Waals surface area contributed by atoms with Crippen LogP contribution in [0.25, 0.3) is 10.6 Å². The van der Waals surface area contributed by atoms with E-state index in [1.54, 1.807) is 17.5 Å². The van der Waals surface area contributed by atoms with Crippen LogP contribution in [0.2, 0.25) is 0 Å². The molecular weight excluding hydrogens is 468 g/mol. The number of carbonyl (C=O) groups excluding carboxylic acids is 3. The van der Waals surface area contributed by atoms with E-state index in [0.29, 0.717) is 5.69 Å². The van der Waals surface area contributed by atoms with Crippen LogP contribution in [0, 0.1) is 17.0 Å². The number of esters is 1. The molecule has 0 unspecified atom stereocenters. The zero-order chi connectivity index (χ0) is 24.7. The van der Waals surface area contributed by atoms with Gasteiger partial charge in [0.2, 0.25) is 5.78 Å². The number of ether oxygens (including phenoxy) is 1. The molecule has 1 aliphatic carbocycles. The summed E-state index contributed by atoms with van der Waals surface area (Å²) in [5.41, 5.74) is 1.11. The lowest BCUT2D eigenvalue weighted by atomic mass is 9.82. The Kier molecular flexibility index (Phi) is 5.54. The summed E-state index contributed by atoms with van der Waals surface area (Å²) in [6.45, 7) is 1.78. The van der Waals surface area contributed by atoms with Gasteiger partial charge in [-0.25, -0.2) is 9.78 Å². The number of nitro benzene ring substituents is 1. The normalized spacial score (nSPS) is 12.1. The van der Waals surface area contributed by atoms with Crippen LogP contribution in [-0.4, -0.2) is 27.4 Å². The maximum atomic E-state index is 13.1. The Morgan fingerprint density at radius 2 is 1.66 bits per heavy atom. The quantitative estimate of drug-likeness (QED) is 0.192. The Balaban J connectivity index is 1.43. The smallest absolute Gasteiger partial charge is 0.345 e. The molecular formula is C26H16N2O6S. The molecule has 8 nitrogen and oxygen atoms in total. The van der Waals surface area contributed by atoms with Gasteiger partial charge in [-0.2, -0.15) is 0 Å². The molecule has 0 amide bonds. The molecule has 0 aliphatic heterocycles. The highest BCUT2D eigenvalue weighted by Crippen LogP contribution is 2.36. The third kappa shape index (κ3) is 3.91. The molecule has 5 rings (SSSR count). The number of benzene rings is 3. The van der Waals surface area contributed by atoms with Gasteiger partial charge in [-0.3, -0.25) is 19.7 Å². The Hall–Kier alpha value is -4.50. The average molecular weight is 484 g/mol. The van der Waals surface area contributed by atoms with Gasteiger partial charge in [0.05, 0.1) is 10.6 Å². The van der Waals surface area contributed by atoms with Crippen LogP contribution in [0.5, 0.6) is 0 Å². The Morgan fingerprint density at radius 3 is 2.34 bits per heavy atom. The predicted octanol–water partition coefficient (Wildman–Crippen LogP) is 5.16. The van der Waals surface area contributed by atoms with Crippen molar-refractivity contribution in [2.75, 3.05) is 0 Å². The second-order valence-electron chi connectivity index (χ2n) is 7.93. The molecule has 0 spiro atoms. The first-order valence-electron chi connectivity index (χ1n) is 10.5. The number of fused-ring (bicyclic) bond motifs is 2. The summed E-state index contributed by atoms with van der Waals surface area (Å²) in [4.78, 5) is 54.3. The maximum absolute atomic E-state index is 13.1. The minimum absolute atomic E-state index is 0.0599. The van der Waals surface area contributed by atoms with E-state index in [1.165, 1.54) is 29.5 Å². The number of nitrogens with zero attached hydrogens (tertiary/aromatic N) is 2. The number of nitro groups is 1. The number of ketones is 2. The van der Waals surface area contributed by atoms with Crippen molar-refractivity contribution in [3.63, 3.8) is 0 Å². The van der Waals surface area contributed by atoms with E-state index in [4.69, 9.17) is 4.74 Å². The van der Waals surface area contributed by atoms with Gasteiger partial charge in [-0.1, -0.05) is 54.1 Å². The van der Waals surface area contributed by atoms with Gasteiger partial charge in [0.1, 0.15) is 22.7 Å². The Morgan fingerprint density at radius 1 is 0.971 bits per heavy atom. The van der Waals surface area contributed by atoms with Crippen molar-refractivity contribution < 1.29 is 24.0 Å². The molecule has 3 aromatic carbocycles. The van der Waals surface area contributed by atoms with E-state index in [2.05, 4.69) is 4.98 Å². The summed E-state index contributed by atoms with van der Waals surface area (Å²) in [7, 11) is 0. The first-order chi connectivity index (χ1) is 16.8. The van der Waals surface area contributed by atoms with Crippen LogP contribution in [0.15, 0.2) is 66.0 Å². The van der Waals surface area contributed by atoms with Gasteiger partial charge in [0, 0.05) is 27.6 Å². The molecule has 1 aliphatic rings. The number of hydrogen-bond acceptors (Lipinski definition) is 8. The fourth-order valence-electron chi connectivity index (χ4n) is 3.94. The highest BCUT2D eigenvalue weighted by molar-refractivity contribution is 7.13.